The van der Waals surface area contributed by atoms with Crippen LogP contribution in [0.1, 0.15) is 15.9 Å². The first kappa shape index (κ1) is 15.7. The molecule has 8 heteroatoms. The SMILES string of the molecule is O=C1C(=O)N(Cc2cccc(Cl)c2)c2ccc(S(=O)(=O)O)cc21. The summed E-state index contributed by atoms with van der Waals surface area (Å²) in [7, 11) is -4.45. The van der Waals surface area contributed by atoms with E-state index in [4.69, 9.17) is 16.2 Å². The third kappa shape index (κ3) is 2.86. The summed E-state index contributed by atoms with van der Waals surface area (Å²) in [6.45, 7) is 0.128. The summed E-state index contributed by atoms with van der Waals surface area (Å²) < 4.78 is 31.4. The molecule has 1 N–H and O–H groups in total. The summed E-state index contributed by atoms with van der Waals surface area (Å²) in [6.07, 6.45) is 0. The molecule has 0 unspecified atom stereocenters. The Kier molecular flexibility index (Phi) is 3.71. The average molecular weight is 352 g/mol. The first-order chi connectivity index (χ1) is 10.8. The summed E-state index contributed by atoms with van der Waals surface area (Å²) in [5.41, 5.74) is 0.977. The molecule has 23 heavy (non-hydrogen) atoms. The number of rotatable bonds is 3. The first-order valence-electron chi connectivity index (χ1n) is 6.49. The van der Waals surface area contributed by atoms with Gasteiger partial charge in [-0.15, -0.1) is 0 Å². The van der Waals surface area contributed by atoms with E-state index in [1.165, 1.54) is 11.0 Å². The number of benzene rings is 2. The lowest BCUT2D eigenvalue weighted by atomic mass is 10.1. The zero-order chi connectivity index (χ0) is 16.8. The minimum atomic E-state index is -4.45. The van der Waals surface area contributed by atoms with E-state index < -0.39 is 26.7 Å². The zero-order valence-electron chi connectivity index (χ0n) is 11.6. The zero-order valence-corrected chi connectivity index (χ0v) is 13.1. The highest BCUT2D eigenvalue weighted by atomic mass is 35.5. The van der Waals surface area contributed by atoms with Crippen molar-refractivity contribution >= 4 is 39.1 Å². The van der Waals surface area contributed by atoms with E-state index in [0.29, 0.717) is 10.7 Å². The number of carbonyl (C=O) groups is 2. The van der Waals surface area contributed by atoms with E-state index >= 15 is 0 Å². The van der Waals surface area contributed by atoms with Crippen LogP contribution in [0.15, 0.2) is 47.4 Å². The molecule has 3 rings (SSSR count). The Bertz CT molecular complexity index is 939. The van der Waals surface area contributed by atoms with Crippen molar-refractivity contribution in [2.24, 2.45) is 0 Å². The van der Waals surface area contributed by atoms with E-state index in [1.54, 1.807) is 24.3 Å². The lowest BCUT2D eigenvalue weighted by Gasteiger charge is -2.16. The molecule has 0 atom stereocenters. The molecule has 0 radical (unpaired) electrons. The van der Waals surface area contributed by atoms with Gasteiger partial charge in [0.1, 0.15) is 0 Å². The summed E-state index contributed by atoms with van der Waals surface area (Å²) in [5.74, 6) is -1.57. The predicted octanol–water partition coefficient (Wildman–Crippen LogP) is 2.32. The Labute approximate surface area is 137 Å². The van der Waals surface area contributed by atoms with Gasteiger partial charge < -0.3 is 4.90 Å². The Morgan fingerprint density at radius 2 is 1.83 bits per heavy atom. The molecule has 1 heterocycles. The largest absolute Gasteiger partial charge is 0.300 e. The van der Waals surface area contributed by atoms with E-state index in [9.17, 15) is 18.0 Å². The topological polar surface area (TPSA) is 91.8 Å². The van der Waals surface area contributed by atoms with Gasteiger partial charge in [-0.25, -0.2) is 0 Å². The van der Waals surface area contributed by atoms with Gasteiger partial charge in [-0.1, -0.05) is 23.7 Å². The molecule has 1 aliphatic rings. The van der Waals surface area contributed by atoms with E-state index in [2.05, 4.69) is 0 Å². The van der Waals surface area contributed by atoms with Crippen molar-refractivity contribution in [2.75, 3.05) is 4.90 Å². The summed E-state index contributed by atoms with van der Waals surface area (Å²) in [6, 6.07) is 10.3. The maximum Gasteiger partial charge on any atom is 0.299 e. The highest BCUT2D eigenvalue weighted by Gasteiger charge is 2.36. The van der Waals surface area contributed by atoms with Gasteiger partial charge in [0.05, 0.1) is 22.7 Å². The van der Waals surface area contributed by atoms with Crippen molar-refractivity contribution in [3.8, 4) is 0 Å². The molecule has 2 aromatic rings. The highest BCUT2D eigenvalue weighted by Crippen LogP contribution is 2.32. The fraction of sp³-hybridized carbons (Fsp3) is 0.0667. The van der Waals surface area contributed by atoms with Crippen LogP contribution in [0.2, 0.25) is 5.02 Å². The number of hydrogen-bond donors (Lipinski definition) is 1. The van der Waals surface area contributed by atoms with Crippen LogP contribution in [0.4, 0.5) is 5.69 Å². The number of Topliss-reactive ketones (excluding diaryl/α,β-unsaturated/α-hetero) is 1. The minimum absolute atomic E-state index is 0.0489. The molecule has 1 amide bonds. The van der Waals surface area contributed by atoms with Gasteiger partial charge in [0.25, 0.3) is 21.8 Å². The third-order valence-electron chi connectivity index (χ3n) is 3.47. The number of anilines is 1. The predicted molar refractivity (Wildman–Crippen MR) is 83.2 cm³/mol. The molecule has 0 bridgehead atoms. The quantitative estimate of drug-likeness (QED) is 0.676. The number of hydrogen-bond acceptors (Lipinski definition) is 4. The van der Waals surface area contributed by atoms with Crippen molar-refractivity contribution in [2.45, 2.75) is 11.4 Å². The second-order valence-corrected chi connectivity index (χ2v) is 6.86. The van der Waals surface area contributed by atoms with Crippen LogP contribution in [-0.4, -0.2) is 24.7 Å². The molecular formula is C15H10ClNO5S. The maximum atomic E-state index is 12.1. The second-order valence-electron chi connectivity index (χ2n) is 5.00. The van der Waals surface area contributed by atoms with Crippen LogP contribution in [0, 0.1) is 0 Å². The van der Waals surface area contributed by atoms with Crippen LogP contribution in [-0.2, 0) is 21.5 Å². The summed E-state index contributed by atoms with van der Waals surface area (Å²) in [4.78, 5) is 25.0. The van der Waals surface area contributed by atoms with Crippen molar-refractivity contribution < 1.29 is 22.6 Å². The molecule has 118 valence electrons. The number of amides is 1. The van der Waals surface area contributed by atoms with Crippen LogP contribution in [0.25, 0.3) is 0 Å². The smallest absolute Gasteiger partial charge is 0.299 e. The molecule has 1 aliphatic heterocycles. The van der Waals surface area contributed by atoms with Crippen LogP contribution in [0.5, 0.6) is 0 Å². The Hall–Kier alpha value is -2.22. The molecule has 0 saturated carbocycles. The molecule has 0 spiro atoms. The molecule has 0 aliphatic carbocycles. The standard InChI is InChI=1S/C15H10ClNO5S/c16-10-3-1-2-9(6-10)8-17-13-5-4-11(23(20,21)22)7-12(13)14(18)15(17)19/h1-7H,8H2,(H,20,21,22). The number of ketones is 1. The van der Waals surface area contributed by atoms with Crippen molar-refractivity contribution in [3.05, 3.63) is 58.6 Å². The van der Waals surface area contributed by atoms with E-state index in [1.807, 2.05) is 0 Å². The van der Waals surface area contributed by atoms with Gasteiger partial charge in [-0.3, -0.25) is 14.1 Å². The Morgan fingerprint density at radius 1 is 1.09 bits per heavy atom. The van der Waals surface area contributed by atoms with Gasteiger partial charge in [0.2, 0.25) is 0 Å². The van der Waals surface area contributed by atoms with Crippen molar-refractivity contribution in [1.82, 2.24) is 0 Å². The lowest BCUT2D eigenvalue weighted by Crippen LogP contribution is -2.29. The van der Waals surface area contributed by atoms with Gasteiger partial charge in [0.15, 0.2) is 0 Å². The number of carbonyl (C=O) groups excluding carboxylic acids is 2. The molecule has 0 saturated heterocycles. The average Bonchev–Trinajstić information content (AvgIpc) is 2.71. The van der Waals surface area contributed by atoms with Crippen LogP contribution in [0.3, 0.4) is 0 Å². The van der Waals surface area contributed by atoms with E-state index in [0.717, 1.165) is 17.7 Å². The van der Waals surface area contributed by atoms with Gasteiger partial charge >= 0.3 is 0 Å². The molecule has 0 fully saturated rings. The van der Waals surface area contributed by atoms with E-state index in [-0.39, 0.29) is 12.1 Å². The lowest BCUT2D eigenvalue weighted by molar-refractivity contribution is -0.114. The number of nitrogens with zero attached hydrogens (tertiary/aromatic N) is 1. The molecular weight excluding hydrogens is 342 g/mol. The maximum absolute atomic E-state index is 12.1. The first-order valence-corrected chi connectivity index (χ1v) is 8.31. The normalized spacial score (nSPS) is 14.3. The Morgan fingerprint density at radius 3 is 2.48 bits per heavy atom. The molecule has 2 aromatic carbocycles. The third-order valence-corrected chi connectivity index (χ3v) is 4.56. The fourth-order valence-corrected chi connectivity index (χ4v) is 3.13. The van der Waals surface area contributed by atoms with Gasteiger partial charge in [0, 0.05) is 5.02 Å². The number of fused-ring (bicyclic) bond motifs is 1. The minimum Gasteiger partial charge on any atom is -0.300 e. The fourth-order valence-electron chi connectivity index (χ4n) is 2.41. The van der Waals surface area contributed by atoms with Gasteiger partial charge in [-0.05, 0) is 35.9 Å². The highest BCUT2D eigenvalue weighted by molar-refractivity contribution is 7.85. The van der Waals surface area contributed by atoms with Gasteiger partial charge in [-0.2, -0.15) is 8.42 Å². The van der Waals surface area contributed by atoms with Crippen LogP contribution < -0.4 is 4.90 Å². The summed E-state index contributed by atoms with van der Waals surface area (Å²) in [5, 5.41) is 0.502. The van der Waals surface area contributed by atoms with Crippen LogP contribution >= 0.6 is 11.6 Å². The second kappa shape index (κ2) is 5.45. The Balaban J connectivity index is 2.03. The monoisotopic (exact) mass is 351 g/mol. The molecule has 6 nitrogen and oxygen atoms in total. The molecule has 0 aromatic heterocycles. The van der Waals surface area contributed by atoms with Crippen molar-refractivity contribution in [1.29, 1.82) is 0 Å². The summed E-state index contributed by atoms with van der Waals surface area (Å²) >= 11 is 5.90. The number of halogens is 1. The van der Waals surface area contributed by atoms with Crippen molar-refractivity contribution in [3.63, 3.8) is 0 Å².